The SMILES string of the molecule is CN(CC1CC(Br)C1)C(=O)Cc1ccc(C(F)(F)F)cc1. The van der Waals surface area contributed by atoms with Crippen molar-refractivity contribution in [2.45, 2.75) is 30.3 Å². The fourth-order valence-corrected chi connectivity index (χ4v) is 3.47. The first-order valence-corrected chi connectivity index (χ1v) is 7.71. The molecule has 21 heavy (non-hydrogen) atoms. The van der Waals surface area contributed by atoms with Crippen molar-refractivity contribution >= 4 is 21.8 Å². The monoisotopic (exact) mass is 363 g/mol. The predicted molar refractivity (Wildman–Crippen MR) is 78.2 cm³/mol. The van der Waals surface area contributed by atoms with Gasteiger partial charge in [0.05, 0.1) is 12.0 Å². The quantitative estimate of drug-likeness (QED) is 0.743. The summed E-state index contributed by atoms with van der Waals surface area (Å²) in [6.45, 7) is 0.710. The molecule has 0 unspecified atom stereocenters. The Morgan fingerprint density at radius 2 is 1.86 bits per heavy atom. The second-order valence-corrected chi connectivity index (χ2v) is 6.88. The molecule has 0 aliphatic heterocycles. The van der Waals surface area contributed by atoms with Gasteiger partial charge in [0.25, 0.3) is 0 Å². The molecule has 1 amide bonds. The maximum atomic E-state index is 12.5. The molecule has 1 saturated carbocycles. The van der Waals surface area contributed by atoms with E-state index in [-0.39, 0.29) is 12.3 Å². The fraction of sp³-hybridized carbons (Fsp3) is 0.533. The molecule has 2 rings (SSSR count). The fourth-order valence-electron chi connectivity index (χ4n) is 2.41. The van der Waals surface area contributed by atoms with Gasteiger partial charge in [-0.3, -0.25) is 4.79 Å². The molecule has 0 N–H and O–H groups in total. The van der Waals surface area contributed by atoms with Crippen LogP contribution in [0.3, 0.4) is 0 Å². The van der Waals surface area contributed by atoms with Crippen molar-refractivity contribution < 1.29 is 18.0 Å². The van der Waals surface area contributed by atoms with Crippen LogP contribution in [-0.4, -0.2) is 29.2 Å². The van der Waals surface area contributed by atoms with E-state index in [2.05, 4.69) is 15.9 Å². The number of amides is 1. The summed E-state index contributed by atoms with van der Waals surface area (Å²) in [5, 5.41) is 0. The van der Waals surface area contributed by atoms with Crippen LogP contribution in [0.4, 0.5) is 13.2 Å². The number of carbonyl (C=O) groups is 1. The Labute approximate surface area is 130 Å². The summed E-state index contributed by atoms with van der Waals surface area (Å²) in [6, 6.07) is 4.77. The lowest BCUT2D eigenvalue weighted by molar-refractivity contribution is -0.137. The van der Waals surface area contributed by atoms with Gasteiger partial charge in [-0.2, -0.15) is 13.2 Å². The number of nitrogens with zero attached hydrogens (tertiary/aromatic N) is 1. The smallest absolute Gasteiger partial charge is 0.345 e. The molecule has 1 aliphatic carbocycles. The molecule has 0 saturated heterocycles. The van der Waals surface area contributed by atoms with Gasteiger partial charge in [-0.05, 0) is 36.5 Å². The highest BCUT2D eigenvalue weighted by atomic mass is 79.9. The molecule has 116 valence electrons. The van der Waals surface area contributed by atoms with E-state index in [1.54, 1.807) is 11.9 Å². The van der Waals surface area contributed by atoms with Crippen molar-refractivity contribution in [2.75, 3.05) is 13.6 Å². The number of likely N-dealkylation sites (N-methyl/N-ethyl adjacent to an activating group) is 1. The molecule has 2 nitrogen and oxygen atoms in total. The van der Waals surface area contributed by atoms with Gasteiger partial charge in [0.15, 0.2) is 0 Å². The number of hydrogen-bond donors (Lipinski definition) is 0. The topological polar surface area (TPSA) is 20.3 Å². The molecule has 0 aromatic heterocycles. The van der Waals surface area contributed by atoms with Crippen LogP contribution in [0.15, 0.2) is 24.3 Å². The van der Waals surface area contributed by atoms with Crippen molar-refractivity contribution in [2.24, 2.45) is 5.92 Å². The molecule has 1 aliphatic rings. The van der Waals surface area contributed by atoms with E-state index < -0.39 is 11.7 Å². The number of hydrogen-bond acceptors (Lipinski definition) is 1. The molecule has 1 aromatic rings. The lowest BCUT2D eigenvalue weighted by Crippen LogP contribution is -2.38. The highest BCUT2D eigenvalue weighted by Crippen LogP contribution is 2.33. The number of alkyl halides is 4. The highest BCUT2D eigenvalue weighted by Gasteiger charge is 2.30. The number of benzene rings is 1. The van der Waals surface area contributed by atoms with Crippen molar-refractivity contribution in [3.8, 4) is 0 Å². The molecular weight excluding hydrogens is 347 g/mol. The highest BCUT2D eigenvalue weighted by molar-refractivity contribution is 9.09. The second-order valence-electron chi connectivity index (χ2n) is 5.58. The maximum Gasteiger partial charge on any atom is 0.416 e. The summed E-state index contributed by atoms with van der Waals surface area (Å²) in [4.78, 5) is 14.3. The lowest BCUT2D eigenvalue weighted by atomic mass is 9.85. The summed E-state index contributed by atoms with van der Waals surface area (Å²) >= 11 is 3.51. The summed E-state index contributed by atoms with van der Waals surface area (Å²) in [7, 11) is 1.74. The standard InChI is InChI=1S/C15H17BrF3NO/c1-20(9-11-6-13(16)7-11)14(21)8-10-2-4-12(5-3-10)15(17,18)19/h2-5,11,13H,6-9H2,1H3. The van der Waals surface area contributed by atoms with Crippen LogP contribution in [0.25, 0.3) is 0 Å². The first-order chi connectivity index (χ1) is 9.75. The average molecular weight is 364 g/mol. The van der Waals surface area contributed by atoms with Crippen LogP contribution in [0.2, 0.25) is 0 Å². The first-order valence-electron chi connectivity index (χ1n) is 6.80. The second kappa shape index (κ2) is 6.38. The van der Waals surface area contributed by atoms with E-state index in [0.717, 1.165) is 25.0 Å². The molecular formula is C15H17BrF3NO. The van der Waals surface area contributed by atoms with E-state index >= 15 is 0 Å². The molecule has 1 aromatic carbocycles. The predicted octanol–water partition coefficient (Wildman–Crippen LogP) is 3.88. The number of rotatable bonds is 4. The minimum absolute atomic E-state index is 0.0622. The Balaban J connectivity index is 1.87. The normalized spacial score (nSPS) is 21.8. The van der Waals surface area contributed by atoms with Gasteiger partial charge in [-0.15, -0.1) is 0 Å². The minimum atomic E-state index is -4.34. The third-order valence-electron chi connectivity index (χ3n) is 3.77. The van der Waals surface area contributed by atoms with E-state index in [4.69, 9.17) is 0 Å². The molecule has 0 spiro atoms. The molecule has 6 heteroatoms. The maximum absolute atomic E-state index is 12.5. The average Bonchev–Trinajstić information content (AvgIpc) is 2.36. The summed E-state index contributed by atoms with van der Waals surface area (Å²) < 4.78 is 37.4. The van der Waals surface area contributed by atoms with Crippen LogP contribution < -0.4 is 0 Å². The zero-order valence-electron chi connectivity index (χ0n) is 11.7. The molecule has 0 bridgehead atoms. The van der Waals surface area contributed by atoms with Gasteiger partial charge in [-0.25, -0.2) is 0 Å². The van der Waals surface area contributed by atoms with Crippen LogP contribution in [0, 0.1) is 5.92 Å². The Kier molecular flexibility index (Phi) is 4.96. The Morgan fingerprint density at radius 1 is 1.29 bits per heavy atom. The number of carbonyl (C=O) groups excluding carboxylic acids is 1. The third-order valence-corrected chi connectivity index (χ3v) is 4.52. The largest absolute Gasteiger partial charge is 0.416 e. The molecule has 0 atom stereocenters. The van der Waals surface area contributed by atoms with Crippen LogP contribution >= 0.6 is 15.9 Å². The van der Waals surface area contributed by atoms with E-state index in [1.165, 1.54) is 12.1 Å². The van der Waals surface area contributed by atoms with Crippen molar-refractivity contribution in [1.82, 2.24) is 4.90 Å². The number of halogens is 4. The molecule has 0 heterocycles. The van der Waals surface area contributed by atoms with Crippen LogP contribution in [0.5, 0.6) is 0 Å². The van der Waals surface area contributed by atoms with Gasteiger partial charge in [0.1, 0.15) is 0 Å². The van der Waals surface area contributed by atoms with Gasteiger partial charge >= 0.3 is 6.18 Å². The van der Waals surface area contributed by atoms with Gasteiger partial charge in [0.2, 0.25) is 5.91 Å². The van der Waals surface area contributed by atoms with Crippen molar-refractivity contribution in [3.63, 3.8) is 0 Å². The zero-order valence-corrected chi connectivity index (χ0v) is 13.2. The van der Waals surface area contributed by atoms with E-state index in [0.29, 0.717) is 22.9 Å². The van der Waals surface area contributed by atoms with Gasteiger partial charge < -0.3 is 4.90 Å². The zero-order chi connectivity index (χ0) is 15.6. The van der Waals surface area contributed by atoms with Crippen LogP contribution in [-0.2, 0) is 17.4 Å². The summed E-state index contributed by atoms with van der Waals surface area (Å²) in [5.41, 5.74) is -0.0864. The summed E-state index contributed by atoms with van der Waals surface area (Å²) in [6.07, 6.45) is -2.06. The van der Waals surface area contributed by atoms with Crippen molar-refractivity contribution in [3.05, 3.63) is 35.4 Å². The van der Waals surface area contributed by atoms with E-state index in [1.807, 2.05) is 0 Å². The molecule has 0 radical (unpaired) electrons. The van der Waals surface area contributed by atoms with Gasteiger partial charge in [-0.1, -0.05) is 28.1 Å². The first kappa shape index (κ1) is 16.3. The van der Waals surface area contributed by atoms with Crippen molar-refractivity contribution in [1.29, 1.82) is 0 Å². The van der Waals surface area contributed by atoms with E-state index in [9.17, 15) is 18.0 Å². The third kappa shape index (κ3) is 4.46. The lowest BCUT2D eigenvalue weighted by Gasteiger charge is -2.34. The Hall–Kier alpha value is -1.04. The minimum Gasteiger partial charge on any atom is -0.345 e. The van der Waals surface area contributed by atoms with Crippen LogP contribution in [0.1, 0.15) is 24.0 Å². The summed E-state index contributed by atoms with van der Waals surface area (Å²) in [5.74, 6) is 0.462. The Bertz CT molecular complexity index is 495. The molecule has 1 fully saturated rings. The Morgan fingerprint density at radius 3 is 2.33 bits per heavy atom. The van der Waals surface area contributed by atoms with Gasteiger partial charge in [0, 0.05) is 18.4 Å².